The quantitative estimate of drug-likeness (QED) is 0.726. The van der Waals surface area contributed by atoms with E-state index in [1.54, 1.807) is 12.1 Å². The van der Waals surface area contributed by atoms with Gasteiger partial charge in [-0.15, -0.1) is 0 Å². The van der Waals surface area contributed by atoms with Gasteiger partial charge in [0.15, 0.2) is 0 Å². The second-order valence-corrected chi connectivity index (χ2v) is 6.17. The number of carbonyl (C=O) groups excluding carboxylic acids is 1. The highest BCUT2D eigenvalue weighted by atomic mass is 35.5. The fourth-order valence-electron chi connectivity index (χ4n) is 2.96. The summed E-state index contributed by atoms with van der Waals surface area (Å²) in [5.74, 6) is -0.121. The minimum absolute atomic E-state index is 0.176. The van der Waals surface area contributed by atoms with E-state index in [1.807, 2.05) is 37.3 Å². The topological polar surface area (TPSA) is 51.5 Å². The standard InChI is InChI=1S/C19H18ClNO3/c1-12-16(10-19(23)24-2)17-9-15(22)7-8-18(17)21(12)11-13-3-5-14(20)6-4-13/h3-9,22H,10-11H2,1-2H3. The van der Waals surface area contributed by atoms with Crippen molar-refractivity contribution in [2.45, 2.75) is 19.9 Å². The Kier molecular flexibility index (Phi) is 4.49. The smallest absolute Gasteiger partial charge is 0.310 e. The number of nitrogens with zero attached hydrogens (tertiary/aromatic N) is 1. The van der Waals surface area contributed by atoms with Crippen LogP contribution in [0.5, 0.6) is 5.75 Å². The number of benzene rings is 2. The summed E-state index contributed by atoms with van der Waals surface area (Å²) < 4.78 is 6.94. The molecule has 0 aliphatic heterocycles. The number of rotatable bonds is 4. The summed E-state index contributed by atoms with van der Waals surface area (Å²) in [5, 5.41) is 11.4. The Hall–Kier alpha value is -2.46. The molecule has 24 heavy (non-hydrogen) atoms. The van der Waals surface area contributed by atoms with E-state index in [-0.39, 0.29) is 18.1 Å². The van der Waals surface area contributed by atoms with Crippen molar-refractivity contribution in [3.63, 3.8) is 0 Å². The van der Waals surface area contributed by atoms with Crippen LogP contribution in [0.2, 0.25) is 5.02 Å². The van der Waals surface area contributed by atoms with E-state index >= 15 is 0 Å². The number of aromatic hydroxyl groups is 1. The summed E-state index contributed by atoms with van der Waals surface area (Å²) in [5.41, 5.74) is 3.94. The average molecular weight is 344 g/mol. The van der Waals surface area contributed by atoms with Crippen LogP contribution in [0.15, 0.2) is 42.5 Å². The van der Waals surface area contributed by atoms with Crippen molar-refractivity contribution in [2.75, 3.05) is 7.11 Å². The second kappa shape index (κ2) is 6.57. The molecule has 0 aliphatic rings. The summed E-state index contributed by atoms with van der Waals surface area (Å²) in [6.07, 6.45) is 0.176. The van der Waals surface area contributed by atoms with Gasteiger partial charge in [0, 0.05) is 28.2 Å². The molecule has 0 atom stereocenters. The van der Waals surface area contributed by atoms with Crippen molar-refractivity contribution in [3.05, 3.63) is 64.3 Å². The van der Waals surface area contributed by atoms with Crippen LogP contribution in [0.1, 0.15) is 16.8 Å². The van der Waals surface area contributed by atoms with Gasteiger partial charge in [-0.1, -0.05) is 23.7 Å². The predicted octanol–water partition coefficient (Wildman–Crippen LogP) is 4.07. The van der Waals surface area contributed by atoms with E-state index in [9.17, 15) is 9.90 Å². The number of carbonyl (C=O) groups is 1. The van der Waals surface area contributed by atoms with E-state index in [0.29, 0.717) is 11.6 Å². The molecule has 0 bridgehead atoms. The van der Waals surface area contributed by atoms with Crippen molar-refractivity contribution in [3.8, 4) is 5.75 Å². The SMILES string of the molecule is COC(=O)Cc1c(C)n(Cc2ccc(Cl)cc2)c2ccc(O)cc12. The first-order chi connectivity index (χ1) is 11.5. The van der Waals surface area contributed by atoms with Crippen LogP contribution < -0.4 is 0 Å². The van der Waals surface area contributed by atoms with Gasteiger partial charge in [-0.05, 0) is 48.4 Å². The zero-order valence-corrected chi connectivity index (χ0v) is 14.3. The third-order valence-electron chi connectivity index (χ3n) is 4.24. The van der Waals surface area contributed by atoms with Crippen LogP contribution in [-0.4, -0.2) is 22.8 Å². The van der Waals surface area contributed by atoms with Crippen LogP contribution in [0, 0.1) is 6.92 Å². The van der Waals surface area contributed by atoms with Gasteiger partial charge in [0.25, 0.3) is 0 Å². The lowest BCUT2D eigenvalue weighted by molar-refractivity contribution is -0.139. The minimum Gasteiger partial charge on any atom is -0.508 e. The molecule has 0 spiro atoms. The molecule has 0 amide bonds. The molecule has 1 heterocycles. The van der Waals surface area contributed by atoms with Crippen molar-refractivity contribution >= 4 is 28.5 Å². The number of hydrogen-bond acceptors (Lipinski definition) is 3. The molecule has 1 N–H and O–H groups in total. The lowest BCUT2D eigenvalue weighted by Crippen LogP contribution is -2.07. The maximum atomic E-state index is 11.8. The van der Waals surface area contributed by atoms with Crippen LogP contribution in [0.3, 0.4) is 0 Å². The average Bonchev–Trinajstić information content (AvgIpc) is 2.82. The van der Waals surface area contributed by atoms with E-state index in [2.05, 4.69) is 4.57 Å². The minimum atomic E-state index is -0.299. The number of fused-ring (bicyclic) bond motifs is 1. The van der Waals surface area contributed by atoms with E-state index < -0.39 is 0 Å². The first kappa shape index (κ1) is 16.4. The summed E-state index contributed by atoms with van der Waals surface area (Å²) in [4.78, 5) is 11.8. The molecule has 0 aliphatic carbocycles. The molecule has 3 aromatic rings. The van der Waals surface area contributed by atoms with Gasteiger partial charge < -0.3 is 14.4 Å². The van der Waals surface area contributed by atoms with Gasteiger partial charge in [-0.3, -0.25) is 4.79 Å². The van der Waals surface area contributed by atoms with Gasteiger partial charge in [-0.2, -0.15) is 0 Å². The monoisotopic (exact) mass is 343 g/mol. The van der Waals surface area contributed by atoms with Gasteiger partial charge in [-0.25, -0.2) is 0 Å². The maximum absolute atomic E-state index is 11.8. The first-order valence-corrected chi connectivity index (χ1v) is 7.99. The molecule has 3 rings (SSSR count). The van der Waals surface area contributed by atoms with Gasteiger partial charge >= 0.3 is 5.97 Å². The largest absolute Gasteiger partial charge is 0.508 e. The summed E-state index contributed by atoms with van der Waals surface area (Å²) >= 11 is 5.95. The molecule has 4 nitrogen and oxygen atoms in total. The maximum Gasteiger partial charge on any atom is 0.310 e. The molecule has 0 radical (unpaired) electrons. The molecule has 1 aromatic heterocycles. The molecule has 0 saturated heterocycles. The first-order valence-electron chi connectivity index (χ1n) is 7.61. The zero-order chi connectivity index (χ0) is 17.3. The van der Waals surface area contributed by atoms with Crippen LogP contribution in [-0.2, 0) is 22.5 Å². The fourth-order valence-corrected chi connectivity index (χ4v) is 3.08. The molecular weight excluding hydrogens is 326 g/mol. The number of phenols is 1. The highest BCUT2D eigenvalue weighted by Crippen LogP contribution is 2.30. The Morgan fingerprint density at radius 1 is 1.21 bits per heavy atom. The van der Waals surface area contributed by atoms with Crippen LogP contribution >= 0.6 is 11.6 Å². The number of hydrogen-bond donors (Lipinski definition) is 1. The second-order valence-electron chi connectivity index (χ2n) is 5.73. The Balaban J connectivity index is 2.11. The molecule has 0 saturated carbocycles. The summed E-state index contributed by atoms with van der Waals surface area (Å²) in [6, 6.07) is 12.9. The normalized spacial score (nSPS) is 11.0. The molecule has 0 unspecified atom stereocenters. The number of aromatic nitrogens is 1. The molecule has 5 heteroatoms. The Morgan fingerprint density at radius 2 is 1.92 bits per heavy atom. The van der Waals surface area contributed by atoms with Crippen LogP contribution in [0.4, 0.5) is 0 Å². The predicted molar refractivity (Wildman–Crippen MR) is 94.6 cm³/mol. The van der Waals surface area contributed by atoms with Gasteiger partial charge in [0.05, 0.1) is 13.5 Å². The fraction of sp³-hybridized carbons (Fsp3) is 0.211. The highest BCUT2D eigenvalue weighted by molar-refractivity contribution is 6.30. The van der Waals surface area contributed by atoms with Gasteiger partial charge in [0.2, 0.25) is 0 Å². The Labute approximate surface area is 145 Å². The Morgan fingerprint density at radius 3 is 2.58 bits per heavy atom. The number of esters is 1. The van der Waals surface area contributed by atoms with E-state index in [0.717, 1.165) is 27.7 Å². The molecule has 2 aromatic carbocycles. The number of ether oxygens (including phenoxy) is 1. The third-order valence-corrected chi connectivity index (χ3v) is 4.49. The number of phenolic OH excluding ortho intramolecular Hbond substituents is 1. The van der Waals surface area contributed by atoms with Gasteiger partial charge in [0.1, 0.15) is 5.75 Å². The van der Waals surface area contributed by atoms with E-state index in [4.69, 9.17) is 16.3 Å². The van der Waals surface area contributed by atoms with Crippen molar-refractivity contribution < 1.29 is 14.6 Å². The lowest BCUT2D eigenvalue weighted by Gasteiger charge is -2.09. The zero-order valence-electron chi connectivity index (χ0n) is 13.5. The lowest BCUT2D eigenvalue weighted by atomic mass is 10.1. The summed E-state index contributed by atoms with van der Waals surface area (Å²) in [7, 11) is 1.38. The number of halogens is 1. The van der Waals surface area contributed by atoms with Crippen LogP contribution in [0.25, 0.3) is 10.9 Å². The van der Waals surface area contributed by atoms with E-state index in [1.165, 1.54) is 7.11 Å². The number of methoxy groups -OCH3 is 1. The Bertz CT molecular complexity index is 897. The summed E-state index contributed by atoms with van der Waals surface area (Å²) in [6.45, 7) is 2.64. The third kappa shape index (κ3) is 3.10. The van der Waals surface area contributed by atoms with Crippen molar-refractivity contribution in [2.24, 2.45) is 0 Å². The van der Waals surface area contributed by atoms with Crippen molar-refractivity contribution in [1.82, 2.24) is 4.57 Å². The molecule has 124 valence electrons. The molecule has 0 fully saturated rings. The van der Waals surface area contributed by atoms with Crippen molar-refractivity contribution in [1.29, 1.82) is 0 Å². The highest BCUT2D eigenvalue weighted by Gasteiger charge is 2.17. The molecular formula is C19H18ClNO3.